The molecule has 0 aliphatic heterocycles. The van der Waals surface area contributed by atoms with E-state index < -0.39 is 0 Å². The fraction of sp³-hybridized carbons (Fsp3) is 0.333. The molecule has 0 fully saturated rings. The maximum Gasteiger partial charge on any atom is 0.0756 e. The van der Waals surface area contributed by atoms with Crippen LogP contribution in [-0.2, 0) is 0 Å². The fourth-order valence-corrected chi connectivity index (χ4v) is 0.933. The summed E-state index contributed by atoms with van der Waals surface area (Å²) in [7, 11) is -0.234. The Hall–Kier alpha value is -0.303. The zero-order chi connectivity index (χ0) is 5.70. The van der Waals surface area contributed by atoms with Crippen molar-refractivity contribution in [2.24, 2.45) is 0 Å². The average molecular weight is 111 g/mol. The van der Waals surface area contributed by atoms with Crippen molar-refractivity contribution < 1.29 is 0 Å². The Kier molecular flexibility index (Phi) is 3.70. The van der Waals surface area contributed by atoms with Crippen LogP contribution in [0.3, 0.4) is 0 Å². The van der Waals surface area contributed by atoms with Gasteiger partial charge in [-0.3, -0.25) is 0 Å². The highest BCUT2D eigenvalue weighted by Gasteiger charge is 1.90. The summed E-state index contributed by atoms with van der Waals surface area (Å²) < 4.78 is 0. The second kappa shape index (κ2) is 3.87. The van der Waals surface area contributed by atoms with Crippen molar-refractivity contribution in [1.82, 2.24) is 0 Å². The molecule has 0 spiro atoms. The predicted molar refractivity (Wildman–Crippen MR) is 36.8 cm³/mol. The fourth-order valence-electron chi connectivity index (χ4n) is 0.311. The van der Waals surface area contributed by atoms with E-state index in [1.54, 1.807) is 0 Å². The number of allylic oxidation sites excluding steroid dienone is 1. The van der Waals surface area contributed by atoms with Crippen LogP contribution in [0.2, 0.25) is 12.6 Å². The van der Waals surface area contributed by atoms with Crippen molar-refractivity contribution in [1.29, 1.82) is 0 Å². The summed E-state index contributed by atoms with van der Waals surface area (Å²) in [6.07, 6.45) is 1.95. The lowest BCUT2D eigenvalue weighted by Crippen LogP contribution is -1.97. The third-order valence-electron chi connectivity index (χ3n) is 0.815. The van der Waals surface area contributed by atoms with E-state index in [9.17, 15) is 0 Å². The van der Waals surface area contributed by atoms with Gasteiger partial charge in [-0.05, 0) is 6.04 Å². The zero-order valence-corrected chi connectivity index (χ0v) is 5.78. The number of hydrogen-bond donors (Lipinski definition) is 0. The maximum absolute atomic E-state index is 3.68. The van der Waals surface area contributed by atoms with Gasteiger partial charge in [0.15, 0.2) is 0 Å². The first-order chi connectivity index (χ1) is 3.31. The minimum absolute atomic E-state index is 0.234. The van der Waals surface area contributed by atoms with Gasteiger partial charge in [0.25, 0.3) is 0 Å². The van der Waals surface area contributed by atoms with E-state index in [1.807, 2.05) is 11.8 Å². The molecule has 0 atom stereocenters. The molecule has 0 saturated heterocycles. The summed E-state index contributed by atoms with van der Waals surface area (Å²) in [4.78, 5) is 0. The normalized spacial score (nSPS) is 8.86. The predicted octanol–water partition coefficient (Wildman–Crippen LogP) is 2.02. The second-order valence-electron chi connectivity index (χ2n) is 1.54. The summed E-state index contributed by atoms with van der Waals surface area (Å²) in [6.45, 7) is 9.52. The topological polar surface area (TPSA) is 0 Å². The van der Waals surface area contributed by atoms with Crippen LogP contribution < -0.4 is 0 Å². The Morgan fingerprint density at radius 2 is 2.14 bits per heavy atom. The van der Waals surface area contributed by atoms with Crippen molar-refractivity contribution in [3.05, 3.63) is 24.9 Å². The van der Waals surface area contributed by atoms with Crippen molar-refractivity contribution in [2.45, 2.75) is 12.6 Å². The smallest absolute Gasteiger partial charge is 0.0756 e. The standard InChI is InChI=1S/C6H11Si/c1-4-6-7(3)5-2/h4-5H,1-2,6H2,3H3. The molecule has 0 aromatic heterocycles. The lowest BCUT2D eigenvalue weighted by Gasteiger charge is -1.92. The third kappa shape index (κ3) is 3.53. The molecule has 0 aliphatic carbocycles. The molecule has 0 aromatic carbocycles. The van der Waals surface area contributed by atoms with E-state index in [0.717, 1.165) is 6.04 Å². The molecule has 1 radical (unpaired) electrons. The molecule has 0 N–H and O–H groups in total. The Morgan fingerprint density at radius 3 is 2.29 bits per heavy atom. The van der Waals surface area contributed by atoms with E-state index in [4.69, 9.17) is 0 Å². The van der Waals surface area contributed by atoms with Gasteiger partial charge in [0.1, 0.15) is 0 Å². The van der Waals surface area contributed by atoms with Gasteiger partial charge < -0.3 is 0 Å². The van der Waals surface area contributed by atoms with Gasteiger partial charge in [0, 0.05) is 0 Å². The van der Waals surface area contributed by atoms with Crippen molar-refractivity contribution in [2.75, 3.05) is 0 Å². The quantitative estimate of drug-likeness (QED) is 0.386. The summed E-state index contributed by atoms with van der Waals surface area (Å²) in [5.41, 5.74) is 2.03. The summed E-state index contributed by atoms with van der Waals surface area (Å²) in [5, 5.41) is 0. The molecular weight excluding hydrogens is 100 g/mol. The zero-order valence-electron chi connectivity index (χ0n) is 4.78. The molecule has 0 amide bonds. The van der Waals surface area contributed by atoms with E-state index in [1.165, 1.54) is 0 Å². The van der Waals surface area contributed by atoms with E-state index in [-0.39, 0.29) is 8.80 Å². The second-order valence-corrected chi connectivity index (χ2v) is 4.05. The van der Waals surface area contributed by atoms with Gasteiger partial charge >= 0.3 is 0 Å². The highest BCUT2D eigenvalue weighted by atomic mass is 28.3. The molecule has 0 heterocycles. The average Bonchev–Trinajstić information content (AvgIpc) is 1.68. The maximum atomic E-state index is 3.68. The number of hydrogen-bond acceptors (Lipinski definition) is 0. The Bertz CT molecular complexity index is 66.6. The molecule has 0 aliphatic rings. The molecule has 0 unspecified atom stereocenters. The third-order valence-corrected chi connectivity index (χ3v) is 2.44. The molecule has 0 nitrogen and oxygen atoms in total. The lowest BCUT2D eigenvalue weighted by atomic mass is 10.8. The van der Waals surface area contributed by atoms with Gasteiger partial charge in [-0.25, -0.2) is 0 Å². The molecule has 0 rings (SSSR count). The van der Waals surface area contributed by atoms with Crippen LogP contribution in [-0.4, -0.2) is 8.80 Å². The molecular formula is C6H11Si. The van der Waals surface area contributed by atoms with Gasteiger partial charge in [0.05, 0.1) is 8.80 Å². The molecule has 1 heteroatoms. The van der Waals surface area contributed by atoms with Crippen LogP contribution in [0.1, 0.15) is 0 Å². The van der Waals surface area contributed by atoms with Gasteiger partial charge in [-0.15, -0.1) is 18.9 Å². The van der Waals surface area contributed by atoms with Crippen LogP contribution in [0.15, 0.2) is 24.9 Å². The molecule has 0 saturated carbocycles. The minimum atomic E-state index is -0.234. The van der Waals surface area contributed by atoms with Crippen LogP contribution >= 0.6 is 0 Å². The Morgan fingerprint density at radius 1 is 1.57 bits per heavy atom. The Labute approximate surface area is 47.2 Å². The SMILES string of the molecule is C=CC[Si](C)C=C. The number of rotatable bonds is 3. The minimum Gasteiger partial charge on any atom is -0.107 e. The van der Waals surface area contributed by atoms with Crippen molar-refractivity contribution in [3.8, 4) is 0 Å². The van der Waals surface area contributed by atoms with Crippen LogP contribution in [0, 0.1) is 0 Å². The van der Waals surface area contributed by atoms with E-state index in [2.05, 4.69) is 19.7 Å². The van der Waals surface area contributed by atoms with Gasteiger partial charge in [-0.2, -0.15) is 0 Å². The van der Waals surface area contributed by atoms with E-state index >= 15 is 0 Å². The van der Waals surface area contributed by atoms with E-state index in [0.29, 0.717) is 0 Å². The van der Waals surface area contributed by atoms with Crippen LogP contribution in [0.25, 0.3) is 0 Å². The van der Waals surface area contributed by atoms with Crippen molar-refractivity contribution >= 4 is 8.80 Å². The summed E-state index contributed by atoms with van der Waals surface area (Å²) in [5.74, 6) is 0. The van der Waals surface area contributed by atoms with Crippen LogP contribution in [0.4, 0.5) is 0 Å². The van der Waals surface area contributed by atoms with Crippen LogP contribution in [0.5, 0.6) is 0 Å². The van der Waals surface area contributed by atoms with Gasteiger partial charge in [-0.1, -0.05) is 12.6 Å². The Balaban J connectivity index is 3.15. The largest absolute Gasteiger partial charge is 0.107 e. The first kappa shape index (κ1) is 6.70. The molecule has 7 heavy (non-hydrogen) atoms. The first-order valence-corrected chi connectivity index (χ1v) is 4.65. The molecule has 0 bridgehead atoms. The lowest BCUT2D eigenvalue weighted by molar-refractivity contribution is 1.66. The monoisotopic (exact) mass is 111 g/mol. The summed E-state index contributed by atoms with van der Waals surface area (Å²) >= 11 is 0. The molecule has 39 valence electrons. The highest BCUT2D eigenvalue weighted by Crippen LogP contribution is 1.90. The molecule has 0 aromatic rings. The highest BCUT2D eigenvalue weighted by molar-refractivity contribution is 6.63. The first-order valence-electron chi connectivity index (χ1n) is 2.37. The van der Waals surface area contributed by atoms with Gasteiger partial charge in [0.2, 0.25) is 0 Å². The summed E-state index contributed by atoms with van der Waals surface area (Å²) in [6, 6.07) is 1.15. The van der Waals surface area contributed by atoms with Crippen molar-refractivity contribution in [3.63, 3.8) is 0 Å².